The smallest absolute Gasteiger partial charge is 0.0940 e. The highest BCUT2D eigenvalue weighted by atomic mass is 79.9. The van der Waals surface area contributed by atoms with Crippen molar-refractivity contribution in [2.45, 2.75) is 30.7 Å². The normalized spacial score (nSPS) is 12.5. The lowest BCUT2D eigenvalue weighted by Gasteiger charge is -2.17. The minimum atomic E-state index is 0.471. The molecule has 2 nitrogen and oxygen atoms in total. The van der Waals surface area contributed by atoms with Gasteiger partial charge in [0.1, 0.15) is 0 Å². The van der Waals surface area contributed by atoms with Crippen LogP contribution >= 0.6 is 39.0 Å². The predicted molar refractivity (Wildman–Crippen MR) is 92.8 cm³/mol. The number of thiazole rings is 1. The van der Waals surface area contributed by atoms with Crippen LogP contribution in [-0.2, 0) is 6.42 Å². The molecule has 2 aromatic rings. The van der Waals surface area contributed by atoms with Gasteiger partial charge in [-0.25, -0.2) is 4.98 Å². The molecule has 1 aromatic carbocycles. The van der Waals surface area contributed by atoms with Crippen LogP contribution in [0.3, 0.4) is 0 Å². The predicted octanol–water partition coefficient (Wildman–Crippen LogP) is 4.61. The Hall–Kier alpha value is -0.360. The van der Waals surface area contributed by atoms with E-state index in [4.69, 9.17) is 0 Å². The van der Waals surface area contributed by atoms with E-state index >= 15 is 0 Å². The standard InChI is InChI=1S/C15H19BrN2S2/c1-2-7-17-12(10-15-18-8-9-19-15)11-20-14-6-4-3-5-13(14)16/h3-6,8-9,12,17H,2,7,10-11H2,1H3. The Balaban J connectivity index is 1.91. The number of nitrogens with zero attached hydrogens (tertiary/aromatic N) is 1. The van der Waals surface area contributed by atoms with Crippen LogP contribution < -0.4 is 5.32 Å². The molecule has 0 amide bonds. The van der Waals surface area contributed by atoms with Gasteiger partial charge in [-0.05, 0) is 41.0 Å². The molecule has 20 heavy (non-hydrogen) atoms. The van der Waals surface area contributed by atoms with E-state index in [1.165, 1.54) is 14.4 Å². The van der Waals surface area contributed by atoms with Crippen molar-refractivity contribution in [1.82, 2.24) is 10.3 Å². The number of hydrogen-bond acceptors (Lipinski definition) is 4. The van der Waals surface area contributed by atoms with Crippen LogP contribution in [0.1, 0.15) is 18.4 Å². The molecule has 1 aromatic heterocycles. The summed E-state index contributed by atoms with van der Waals surface area (Å²) in [6.45, 7) is 3.26. The molecular formula is C15H19BrN2S2. The Morgan fingerprint density at radius 2 is 2.25 bits per heavy atom. The van der Waals surface area contributed by atoms with Crippen LogP contribution in [-0.4, -0.2) is 23.3 Å². The summed E-state index contributed by atoms with van der Waals surface area (Å²) in [4.78, 5) is 5.70. The third-order valence-corrected chi connectivity index (χ3v) is 5.86. The molecule has 0 saturated heterocycles. The Labute approximate surface area is 137 Å². The highest BCUT2D eigenvalue weighted by Gasteiger charge is 2.12. The van der Waals surface area contributed by atoms with E-state index in [9.17, 15) is 0 Å². The van der Waals surface area contributed by atoms with Gasteiger partial charge in [0.25, 0.3) is 0 Å². The number of aromatic nitrogens is 1. The zero-order chi connectivity index (χ0) is 14.2. The first-order valence-electron chi connectivity index (χ1n) is 6.78. The molecule has 5 heteroatoms. The van der Waals surface area contributed by atoms with E-state index in [0.717, 1.165) is 25.1 Å². The molecule has 1 N–H and O–H groups in total. The van der Waals surface area contributed by atoms with Crippen molar-refractivity contribution in [3.05, 3.63) is 45.3 Å². The van der Waals surface area contributed by atoms with Crippen molar-refractivity contribution in [3.8, 4) is 0 Å². The molecule has 0 fully saturated rings. The van der Waals surface area contributed by atoms with Gasteiger partial charge in [0.15, 0.2) is 0 Å². The average Bonchev–Trinajstić information content (AvgIpc) is 2.96. The second kappa shape index (κ2) is 8.82. The van der Waals surface area contributed by atoms with Crippen molar-refractivity contribution in [3.63, 3.8) is 0 Å². The highest BCUT2D eigenvalue weighted by Crippen LogP contribution is 2.28. The van der Waals surface area contributed by atoms with Gasteiger partial charge in [-0.15, -0.1) is 23.1 Å². The monoisotopic (exact) mass is 370 g/mol. The number of rotatable bonds is 8. The highest BCUT2D eigenvalue weighted by molar-refractivity contribution is 9.10. The molecule has 0 saturated carbocycles. The summed E-state index contributed by atoms with van der Waals surface area (Å²) in [7, 11) is 0. The third-order valence-electron chi connectivity index (χ3n) is 2.86. The van der Waals surface area contributed by atoms with E-state index in [1.54, 1.807) is 11.3 Å². The maximum absolute atomic E-state index is 4.40. The maximum atomic E-state index is 4.40. The summed E-state index contributed by atoms with van der Waals surface area (Å²) in [5.41, 5.74) is 0. The second-order valence-electron chi connectivity index (χ2n) is 4.52. The molecule has 0 aliphatic heterocycles. The van der Waals surface area contributed by atoms with Crippen LogP contribution in [0.5, 0.6) is 0 Å². The number of benzene rings is 1. The fourth-order valence-electron chi connectivity index (χ4n) is 1.86. The van der Waals surface area contributed by atoms with Crippen LogP contribution in [0.25, 0.3) is 0 Å². The topological polar surface area (TPSA) is 24.9 Å². The van der Waals surface area contributed by atoms with Crippen LogP contribution in [0.2, 0.25) is 0 Å². The van der Waals surface area contributed by atoms with Crippen molar-refractivity contribution < 1.29 is 0 Å². The summed E-state index contributed by atoms with van der Waals surface area (Å²) in [5, 5.41) is 6.89. The van der Waals surface area contributed by atoms with Crippen LogP contribution in [0, 0.1) is 0 Å². The first kappa shape index (κ1) is 16.0. The first-order valence-corrected chi connectivity index (χ1v) is 9.44. The third kappa shape index (κ3) is 5.20. The second-order valence-corrected chi connectivity index (χ2v) is 7.42. The summed E-state index contributed by atoms with van der Waals surface area (Å²) in [5.74, 6) is 1.06. The largest absolute Gasteiger partial charge is 0.313 e. The van der Waals surface area contributed by atoms with Gasteiger partial charge in [-0.2, -0.15) is 0 Å². The lowest BCUT2D eigenvalue weighted by molar-refractivity contribution is 0.549. The van der Waals surface area contributed by atoms with Crippen LogP contribution in [0.4, 0.5) is 0 Å². The Bertz CT molecular complexity index is 502. The lowest BCUT2D eigenvalue weighted by atomic mass is 10.2. The maximum Gasteiger partial charge on any atom is 0.0940 e. The Morgan fingerprint density at radius 1 is 1.40 bits per heavy atom. The Kier molecular flexibility index (Phi) is 7.07. The van der Waals surface area contributed by atoms with E-state index in [-0.39, 0.29) is 0 Å². The van der Waals surface area contributed by atoms with Crippen LogP contribution in [0.15, 0.2) is 45.2 Å². The van der Waals surface area contributed by atoms with E-state index in [0.29, 0.717) is 6.04 Å². The summed E-state index contributed by atoms with van der Waals surface area (Å²) in [6.07, 6.45) is 4.06. The molecular weight excluding hydrogens is 352 g/mol. The number of hydrogen-bond donors (Lipinski definition) is 1. The van der Waals surface area contributed by atoms with Gasteiger partial charge in [0.2, 0.25) is 0 Å². The van der Waals surface area contributed by atoms with E-state index in [2.05, 4.69) is 57.4 Å². The minimum Gasteiger partial charge on any atom is -0.313 e. The SMILES string of the molecule is CCCNC(CSc1ccccc1Br)Cc1nccs1. The lowest BCUT2D eigenvalue weighted by Crippen LogP contribution is -2.34. The van der Waals surface area contributed by atoms with Gasteiger partial charge in [-0.1, -0.05) is 19.1 Å². The number of nitrogens with one attached hydrogen (secondary N) is 1. The van der Waals surface area contributed by atoms with Crippen molar-refractivity contribution >= 4 is 39.0 Å². The molecule has 0 aliphatic rings. The summed E-state index contributed by atoms with van der Waals surface area (Å²) in [6, 6.07) is 8.86. The average molecular weight is 371 g/mol. The number of thioether (sulfide) groups is 1. The molecule has 0 bridgehead atoms. The van der Waals surface area contributed by atoms with Gasteiger partial charge in [0.05, 0.1) is 5.01 Å². The molecule has 1 heterocycles. The summed E-state index contributed by atoms with van der Waals surface area (Å²) < 4.78 is 1.17. The molecule has 0 spiro atoms. The van der Waals surface area contributed by atoms with Gasteiger partial charge < -0.3 is 5.32 Å². The van der Waals surface area contributed by atoms with E-state index < -0.39 is 0 Å². The summed E-state index contributed by atoms with van der Waals surface area (Å²) >= 11 is 7.24. The fourth-order valence-corrected chi connectivity index (χ4v) is 4.18. The molecule has 0 radical (unpaired) electrons. The molecule has 108 valence electrons. The molecule has 1 atom stereocenters. The van der Waals surface area contributed by atoms with Gasteiger partial charge in [0, 0.05) is 39.2 Å². The van der Waals surface area contributed by atoms with Crippen molar-refractivity contribution in [1.29, 1.82) is 0 Å². The molecule has 1 unspecified atom stereocenters. The number of halogens is 1. The zero-order valence-electron chi connectivity index (χ0n) is 11.5. The van der Waals surface area contributed by atoms with Crippen molar-refractivity contribution in [2.75, 3.05) is 12.3 Å². The minimum absolute atomic E-state index is 0.471. The van der Waals surface area contributed by atoms with Crippen molar-refractivity contribution in [2.24, 2.45) is 0 Å². The quantitative estimate of drug-likeness (QED) is 0.686. The molecule has 0 aliphatic carbocycles. The Morgan fingerprint density at radius 3 is 2.95 bits per heavy atom. The van der Waals surface area contributed by atoms with Gasteiger partial charge in [-0.3, -0.25) is 0 Å². The molecule has 2 rings (SSSR count). The first-order chi connectivity index (χ1) is 9.79. The van der Waals surface area contributed by atoms with Gasteiger partial charge >= 0.3 is 0 Å². The van der Waals surface area contributed by atoms with E-state index in [1.807, 2.05) is 23.3 Å². The zero-order valence-corrected chi connectivity index (χ0v) is 14.7. The fraction of sp³-hybridized carbons (Fsp3) is 0.400.